The summed E-state index contributed by atoms with van der Waals surface area (Å²) in [5, 5.41) is 16.9. The molecule has 16 nitrogen and oxygen atoms in total. The van der Waals surface area contributed by atoms with Gasteiger partial charge in [-0.15, -0.1) is 11.8 Å². The molecule has 0 spiro atoms. The van der Waals surface area contributed by atoms with Crippen LogP contribution in [0.4, 0.5) is 9.93 Å². The van der Waals surface area contributed by atoms with Crippen molar-refractivity contribution < 1.29 is 38.7 Å². The molecule has 0 saturated carbocycles. The Morgan fingerprint density at radius 1 is 0.984 bits per heavy atom. The number of hydrogen-bond acceptors (Lipinski definition) is 13. The molecule has 4 amide bonds. The Morgan fingerprint density at radius 2 is 1.62 bits per heavy atom. The summed E-state index contributed by atoms with van der Waals surface area (Å²) in [7, 11) is 0. The van der Waals surface area contributed by atoms with Gasteiger partial charge < -0.3 is 35.5 Å². The number of thioether (sulfide) groups is 1. The molecule has 3 fully saturated rings. The van der Waals surface area contributed by atoms with Gasteiger partial charge in [-0.05, 0) is 24.5 Å². The van der Waals surface area contributed by atoms with Crippen molar-refractivity contribution in [3.63, 3.8) is 0 Å². The second-order valence-corrected chi connectivity index (χ2v) is 16.4. The highest BCUT2D eigenvalue weighted by Crippen LogP contribution is 2.43. The summed E-state index contributed by atoms with van der Waals surface area (Å²) in [4.78, 5) is 82.0. The number of nitrogens with one attached hydrogen (secondary N) is 1. The lowest BCUT2D eigenvalue weighted by molar-refractivity contribution is -0.150. The number of likely N-dealkylation sites (tertiary alicyclic amines) is 2. The van der Waals surface area contributed by atoms with Crippen molar-refractivity contribution in [2.24, 2.45) is 5.16 Å². The van der Waals surface area contributed by atoms with Crippen molar-refractivity contribution in [1.29, 1.82) is 0 Å². The van der Waals surface area contributed by atoms with Crippen LogP contribution in [0.15, 0.2) is 132 Å². The molecule has 5 heterocycles. The molecule has 4 aliphatic rings. The lowest BCUT2D eigenvalue weighted by atomic mass is 9.80. The number of hydrogen-bond donors (Lipinski definition) is 3. The number of oxime groups is 1. The number of rotatable bonds is 13. The lowest BCUT2D eigenvalue weighted by Crippen LogP contribution is -2.71. The van der Waals surface area contributed by atoms with E-state index in [1.807, 2.05) is 91.0 Å². The van der Waals surface area contributed by atoms with Crippen molar-refractivity contribution >= 4 is 63.9 Å². The zero-order valence-corrected chi connectivity index (χ0v) is 34.2. The number of nitrogens with two attached hydrogens (primary N) is 1. The van der Waals surface area contributed by atoms with Gasteiger partial charge in [-0.25, -0.2) is 9.59 Å². The van der Waals surface area contributed by atoms with Crippen molar-refractivity contribution in [1.82, 2.24) is 29.4 Å². The summed E-state index contributed by atoms with van der Waals surface area (Å²) in [6.45, 7) is 4.81. The number of carbonyl (C=O) groups excluding carboxylic acids is 4. The fraction of sp³-hybridized carbons (Fsp3) is 0.256. The van der Waals surface area contributed by atoms with E-state index >= 15 is 0 Å². The van der Waals surface area contributed by atoms with E-state index in [9.17, 15) is 29.1 Å². The predicted octanol–water partition coefficient (Wildman–Crippen LogP) is 4.13. The number of allylic oxidation sites excluding steroid dienone is 1. The third-order valence-electron chi connectivity index (χ3n) is 10.9. The van der Waals surface area contributed by atoms with Gasteiger partial charge in [0.25, 0.3) is 11.8 Å². The number of carboxylic acid groups (broad SMARTS) is 1. The van der Waals surface area contributed by atoms with Gasteiger partial charge in [0.2, 0.25) is 23.0 Å². The van der Waals surface area contributed by atoms with Crippen LogP contribution in [0.2, 0.25) is 0 Å². The third-order valence-corrected chi connectivity index (χ3v) is 12.7. The minimum Gasteiger partial charge on any atom is -0.477 e. The zero-order chi connectivity index (χ0) is 42.7. The SMILES string of the molecule is C=CCOC(=O)N1CC[C@@H](N2CCC(=CC3=C(C(=O)O)N4C(=O)[C@@H](NC(=O)C(=NOC(c5ccccc5)(c5ccccc5)c5ccccc5)c5nsc(N)n5)[C@H]4SC3)C2=O)C1. The highest BCUT2D eigenvalue weighted by Gasteiger charge is 2.55. The number of fused-ring (bicyclic) bond motifs is 1. The Labute approximate surface area is 358 Å². The van der Waals surface area contributed by atoms with E-state index in [4.69, 9.17) is 15.3 Å². The van der Waals surface area contributed by atoms with E-state index in [0.29, 0.717) is 60.3 Å². The van der Waals surface area contributed by atoms with E-state index in [1.54, 1.807) is 15.9 Å². The summed E-state index contributed by atoms with van der Waals surface area (Å²) < 4.78 is 9.39. The minimum atomic E-state index is -1.36. The van der Waals surface area contributed by atoms with E-state index in [1.165, 1.54) is 17.8 Å². The van der Waals surface area contributed by atoms with Gasteiger partial charge in [0.05, 0.1) is 6.04 Å². The summed E-state index contributed by atoms with van der Waals surface area (Å²) in [5.41, 5.74) is 6.82. The largest absolute Gasteiger partial charge is 0.477 e. The molecule has 61 heavy (non-hydrogen) atoms. The molecule has 4 aromatic rings. The van der Waals surface area contributed by atoms with Crippen LogP contribution in [0.25, 0.3) is 0 Å². The lowest BCUT2D eigenvalue weighted by Gasteiger charge is -2.49. The average molecular weight is 861 g/mol. The number of nitrogen functional groups attached to an aromatic ring is 1. The number of aliphatic carboxylic acids is 1. The number of amides is 4. The monoisotopic (exact) mass is 860 g/mol. The number of β-lactam (4-membered cyclic amide) rings is 1. The maximum absolute atomic E-state index is 14.3. The number of benzene rings is 3. The predicted molar refractivity (Wildman–Crippen MR) is 227 cm³/mol. The first-order valence-corrected chi connectivity index (χ1v) is 21.2. The molecule has 3 aromatic carbocycles. The highest BCUT2D eigenvalue weighted by molar-refractivity contribution is 8.00. The molecule has 3 atom stereocenters. The fourth-order valence-electron chi connectivity index (χ4n) is 7.98. The molecule has 1 aromatic heterocycles. The normalized spacial score (nSPS) is 21.0. The van der Waals surface area contributed by atoms with Crippen molar-refractivity contribution in [3.05, 3.63) is 149 Å². The van der Waals surface area contributed by atoms with Crippen LogP contribution in [0.5, 0.6) is 0 Å². The van der Waals surface area contributed by atoms with Crippen LogP contribution in [-0.2, 0) is 34.4 Å². The Bertz CT molecular complexity index is 2360. The van der Waals surface area contributed by atoms with Gasteiger partial charge in [-0.1, -0.05) is 109 Å². The number of carbonyl (C=O) groups is 5. The zero-order valence-electron chi connectivity index (χ0n) is 32.6. The quantitative estimate of drug-likeness (QED) is 0.0433. The van der Waals surface area contributed by atoms with Crippen molar-refractivity contribution in [2.75, 3.05) is 37.7 Å². The van der Waals surface area contributed by atoms with Crippen LogP contribution in [0.3, 0.4) is 0 Å². The molecular weight excluding hydrogens is 821 g/mol. The third kappa shape index (κ3) is 7.86. The summed E-state index contributed by atoms with van der Waals surface area (Å²) in [6, 6.07) is 26.8. The van der Waals surface area contributed by atoms with Gasteiger partial charge in [0.1, 0.15) is 23.7 Å². The number of nitrogens with zero attached hydrogens (tertiary/aromatic N) is 6. The Morgan fingerprint density at radius 3 is 2.20 bits per heavy atom. The van der Waals surface area contributed by atoms with Gasteiger partial charge in [0.15, 0.2) is 5.13 Å². The smallest absolute Gasteiger partial charge is 0.410 e. The van der Waals surface area contributed by atoms with E-state index < -0.39 is 40.9 Å². The van der Waals surface area contributed by atoms with Crippen LogP contribution < -0.4 is 11.1 Å². The molecule has 4 N–H and O–H groups in total. The van der Waals surface area contributed by atoms with Crippen molar-refractivity contribution in [3.8, 4) is 0 Å². The van der Waals surface area contributed by atoms with Gasteiger partial charge in [0, 0.05) is 59.2 Å². The number of carboxylic acids is 1. The molecule has 0 aliphatic carbocycles. The van der Waals surface area contributed by atoms with Gasteiger partial charge >= 0.3 is 12.1 Å². The van der Waals surface area contributed by atoms with E-state index in [0.717, 1.165) is 16.4 Å². The first kappa shape index (κ1) is 41.0. The molecular formula is C43H40N8O8S2. The molecule has 0 bridgehead atoms. The summed E-state index contributed by atoms with van der Waals surface area (Å²) >= 11 is 2.10. The van der Waals surface area contributed by atoms with Crippen LogP contribution in [0.1, 0.15) is 35.4 Å². The molecule has 3 saturated heterocycles. The average Bonchev–Trinajstić information content (AvgIpc) is 4.04. The Balaban J connectivity index is 1.04. The van der Waals surface area contributed by atoms with Crippen LogP contribution in [0, 0.1) is 0 Å². The molecule has 312 valence electrons. The maximum atomic E-state index is 14.3. The number of ether oxygens (including phenoxy) is 1. The first-order chi connectivity index (χ1) is 29.6. The minimum absolute atomic E-state index is 0.0700. The summed E-state index contributed by atoms with van der Waals surface area (Å²) in [6.07, 6.45) is 3.51. The molecule has 8 rings (SSSR count). The standard InChI is InChI=1S/C43H40N8O8S2/c1-2-22-58-42(57)49-20-19-31(24-49)50-21-18-26(37(50)53)23-27-25-60-39-33(38(54)51(39)34(27)40(55)56)45-36(52)32(35-46-41(44)61-48-35)47-59-43(28-12-6-3-7-13-28,29-14-8-4-9-15-29)30-16-10-5-11-17-30/h2-17,23,31,33,39H,1,18-22,24-25H2,(H,45,52)(H,55,56)(H2,44,46,48)/t31-,33-,39-/m1/s1. The summed E-state index contributed by atoms with van der Waals surface area (Å²) in [5.74, 6) is -3.09. The molecule has 0 radical (unpaired) electrons. The second-order valence-electron chi connectivity index (χ2n) is 14.5. The van der Waals surface area contributed by atoms with Crippen LogP contribution >= 0.6 is 23.3 Å². The van der Waals surface area contributed by atoms with Gasteiger partial charge in [-0.3, -0.25) is 19.3 Å². The van der Waals surface area contributed by atoms with E-state index in [-0.39, 0.29) is 46.7 Å². The second kappa shape index (κ2) is 17.4. The van der Waals surface area contributed by atoms with Crippen LogP contribution in [-0.4, -0.2) is 114 Å². The molecule has 4 aliphatic heterocycles. The highest BCUT2D eigenvalue weighted by atomic mass is 32.2. The van der Waals surface area contributed by atoms with Crippen molar-refractivity contribution in [2.45, 2.75) is 35.9 Å². The number of anilines is 1. The first-order valence-electron chi connectivity index (χ1n) is 19.4. The molecule has 18 heteroatoms. The number of aromatic nitrogens is 2. The molecule has 0 unspecified atom stereocenters. The van der Waals surface area contributed by atoms with E-state index in [2.05, 4.69) is 26.4 Å². The Hall–Kier alpha value is -6.79. The fourth-order valence-corrected chi connectivity index (χ4v) is 9.72. The Kier molecular flexibility index (Phi) is 11.7. The van der Waals surface area contributed by atoms with Gasteiger partial charge in [-0.2, -0.15) is 9.36 Å². The maximum Gasteiger partial charge on any atom is 0.410 e. The topological polar surface area (TPSA) is 210 Å².